The van der Waals surface area contributed by atoms with Crippen molar-refractivity contribution in [3.05, 3.63) is 29.6 Å². The Morgan fingerprint density at radius 2 is 2.05 bits per heavy atom. The van der Waals surface area contributed by atoms with Gasteiger partial charge in [0.15, 0.2) is 0 Å². The number of anilines is 2. The Hall–Kier alpha value is -2.21. The molecule has 1 heterocycles. The van der Waals surface area contributed by atoms with Crippen LogP contribution in [0.2, 0.25) is 0 Å². The van der Waals surface area contributed by atoms with Crippen LogP contribution in [0.25, 0.3) is 0 Å². The maximum atomic E-state index is 11.7. The molecule has 0 saturated carbocycles. The molecule has 0 aliphatic carbocycles. The number of rotatable bonds is 1. The van der Waals surface area contributed by atoms with Crippen molar-refractivity contribution in [1.82, 2.24) is 0 Å². The van der Waals surface area contributed by atoms with Crippen molar-refractivity contribution in [3.8, 4) is 5.75 Å². The molecule has 0 saturated heterocycles. The van der Waals surface area contributed by atoms with Crippen molar-refractivity contribution >= 4 is 17.3 Å². The van der Waals surface area contributed by atoms with Gasteiger partial charge in [0.05, 0.1) is 30.6 Å². The molecule has 0 fully saturated rings. The second kappa shape index (κ2) is 6.81. The molecular weight excluding hydrogens is 256 g/mol. The van der Waals surface area contributed by atoms with Crippen molar-refractivity contribution in [2.24, 2.45) is 11.6 Å². The zero-order valence-electron chi connectivity index (χ0n) is 12.4. The minimum Gasteiger partial charge on any atom is -0.497 e. The number of ether oxygens (including phenoxy) is 1. The van der Waals surface area contributed by atoms with E-state index in [1.807, 2.05) is 13.8 Å². The molecule has 1 aliphatic heterocycles. The number of fused-ring (bicyclic) bond motifs is 1. The molecule has 1 aliphatic rings. The fourth-order valence-electron chi connectivity index (χ4n) is 1.85. The summed E-state index contributed by atoms with van der Waals surface area (Å²) in [6.45, 7) is 5.72. The summed E-state index contributed by atoms with van der Waals surface area (Å²) >= 11 is 0. The van der Waals surface area contributed by atoms with Crippen LogP contribution in [0, 0.1) is 0 Å². The van der Waals surface area contributed by atoms with Crippen LogP contribution < -0.4 is 26.6 Å². The van der Waals surface area contributed by atoms with Crippen molar-refractivity contribution in [2.45, 2.75) is 27.2 Å². The standard InChI is InChI=1S/C12H16N4O2.C2H6/c1-7(13)10-6-12(17)15-9-4-3-8(18-2)5-11(9)16(10)14;1-2/h3-5H,6,13-14H2,1-2H3,(H,15,17);1-2H3/b10-7-;. The van der Waals surface area contributed by atoms with Gasteiger partial charge in [0.25, 0.3) is 0 Å². The number of methoxy groups -OCH3 is 1. The van der Waals surface area contributed by atoms with Gasteiger partial charge in [-0.25, -0.2) is 5.84 Å². The van der Waals surface area contributed by atoms with Crippen LogP contribution in [-0.2, 0) is 4.79 Å². The summed E-state index contributed by atoms with van der Waals surface area (Å²) in [4.78, 5) is 11.7. The molecule has 0 spiro atoms. The summed E-state index contributed by atoms with van der Waals surface area (Å²) in [6.07, 6.45) is 0.149. The van der Waals surface area contributed by atoms with Crippen LogP contribution in [0.1, 0.15) is 27.2 Å². The molecule has 0 bridgehead atoms. The van der Waals surface area contributed by atoms with Crippen molar-refractivity contribution in [2.75, 3.05) is 17.4 Å². The Labute approximate surface area is 119 Å². The van der Waals surface area contributed by atoms with Gasteiger partial charge in [-0.05, 0) is 19.1 Å². The van der Waals surface area contributed by atoms with Gasteiger partial charge in [-0.3, -0.25) is 9.80 Å². The third-order valence-electron chi connectivity index (χ3n) is 2.81. The number of nitrogens with one attached hydrogen (secondary N) is 1. The van der Waals surface area contributed by atoms with Crippen molar-refractivity contribution in [1.29, 1.82) is 0 Å². The lowest BCUT2D eigenvalue weighted by Gasteiger charge is -2.22. The topological polar surface area (TPSA) is 93.6 Å². The molecule has 6 heteroatoms. The molecule has 0 atom stereocenters. The zero-order chi connectivity index (χ0) is 15.3. The van der Waals surface area contributed by atoms with Gasteiger partial charge in [0.1, 0.15) is 5.75 Å². The molecule has 0 unspecified atom stereocenters. The van der Waals surface area contributed by atoms with Gasteiger partial charge >= 0.3 is 0 Å². The van der Waals surface area contributed by atoms with Gasteiger partial charge < -0.3 is 15.8 Å². The first-order valence-electron chi connectivity index (χ1n) is 6.51. The average molecular weight is 278 g/mol. The maximum absolute atomic E-state index is 11.7. The molecule has 1 amide bonds. The summed E-state index contributed by atoms with van der Waals surface area (Å²) in [5.74, 6) is 6.54. The predicted octanol–water partition coefficient (Wildman–Crippen LogP) is 1.93. The second-order valence-corrected chi connectivity index (χ2v) is 4.11. The number of nitrogens with zero attached hydrogens (tertiary/aromatic N) is 1. The van der Waals surface area contributed by atoms with E-state index in [-0.39, 0.29) is 12.3 Å². The van der Waals surface area contributed by atoms with Gasteiger partial charge in [-0.1, -0.05) is 13.8 Å². The van der Waals surface area contributed by atoms with E-state index in [2.05, 4.69) is 5.32 Å². The molecule has 1 aromatic carbocycles. The lowest BCUT2D eigenvalue weighted by atomic mass is 10.2. The first kappa shape index (κ1) is 15.8. The molecule has 5 N–H and O–H groups in total. The highest BCUT2D eigenvalue weighted by atomic mass is 16.5. The van der Waals surface area contributed by atoms with Crippen LogP contribution >= 0.6 is 0 Å². The quantitative estimate of drug-likeness (QED) is 0.682. The second-order valence-electron chi connectivity index (χ2n) is 4.11. The van der Waals surface area contributed by atoms with E-state index in [0.29, 0.717) is 28.5 Å². The Morgan fingerprint density at radius 3 is 2.60 bits per heavy atom. The highest BCUT2D eigenvalue weighted by Gasteiger charge is 2.23. The molecule has 110 valence electrons. The highest BCUT2D eigenvalue weighted by molar-refractivity contribution is 5.98. The largest absolute Gasteiger partial charge is 0.497 e. The number of carbonyl (C=O) groups is 1. The highest BCUT2D eigenvalue weighted by Crippen LogP contribution is 2.34. The van der Waals surface area contributed by atoms with E-state index in [9.17, 15) is 4.79 Å². The smallest absolute Gasteiger partial charge is 0.230 e. The third-order valence-corrected chi connectivity index (χ3v) is 2.81. The maximum Gasteiger partial charge on any atom is 0.230 e. The molecule has 2 rings (SSSR count). The minimum absolute atomic E-state index is 0.144. The lowest BCUT2D eigenvalue weighted by molar-refractivity contribution is -0.115. The minimum atomic E-state index is -0.144. The van der Waals surface area contributed by atoms with E-state index in [0.717, 1.165) is 0 Å². The molecule has 6 nitrogen and oxygen atoms in total. The summed E-state index contributed by atoms with van der Waals surface area (Å²) in [6, 6.07) is 5.27. The fraction of sp³-hybridized carbons (Fsp3) is 0.357. The van der Waals surface area contributed by atoms with E-state index in [4.69, 9.17) is 16.3 Å². The SMILES string of the molecule is CC.COc1ccc2c(c1)N(N)/C(=C(/C)N)CC(=O)N2. The van der Waals surface area contributed by atoms with Gasteiger partial charge in [0, 0.05) is 11.8 Å². The van der Waals surface area contributed by atoms with Gasteiger partial charge in [-0.15, -0.1) is 0 Å². The van der Waals surface area contributed by atoms with Crippen LogP contribution in [0.5, 0.6) is 5.75 Å². The van der Waals surface area contributed by atoms with E-state index >= 15 is 0 Å². The zero-order valence-corrected chi connectivity index (χ0v) is 12.4. The van der Waals surface area contributed by atoms with E-state index in [1.165, 1.54) is 5.01 Å². The Kier molecular flexibility index (Phi) is 5.40. The molecule has 0 radical (unpaired) electrons. The number of hydrazine groups is 1. The number of amides is 1. The summed E-state index contributed by atoms with van der Waals surface area (Å²) in [7, 11) is 1.57. The van der Waals surface area contributed by atoms with Crippen molar-refractivity contribution in [3.63, 3.8) is 0 Å². The molecular formula is C14H22N4O2. The summed E-state index contributed by atoms with van der Waals surface area (Å²) < 4.78 is 5.15. The van der Waals surface area contributed by atoms with Crippen LogP contribution in [0.4, 0.5) is 11.4 Å². The number of hydrogen-bond acceptors (Lipinski definition) is 5. The predicted molar refractivity (Wildman–Crippen MR) is 81.1 cm³/mol. The third kappa shape index (κ3) is 3.21. The van der Waals surface area contributed by atoms with E-state index < -0.39 is 0 Å². The summed E-state index contributed by atoms with van der Waals surface area (Å²) in [5, 5.41) is 4.20. The number of benzene rings is 1. The number of allylic oxidation sites excluding steroid dienone is 1. The molecule has 1 aromatic rings. The Morgan fingerprint density at radius 1 is 1.40 bits per heavy atom. The van der Waals surface area contributed by atoms with Gasteiger partial charge in [0.2, 0.25) is 5.91 Å². The Bertz CT molecular complexity index is 522. The van der Waals surface area contributed by atoms with Gasteiger partial charge in [-0.2, -0.15) is 0 Å². The van der Waals surface area contributed by atoms with Crippen molar-refractivity contribution < 1.29 is 9.53 Å². The first-order valence-corrected chi connectivity index (χ1v) is 6.51. The fourth-order valence-corrected chi connectivity index (χ4v) is 1.85. The lowest BCUT2D eigenvalue weighted by Crippen LogP contribution is -2.32. The number of carbonyl (C=O) groups excluding carboxylic acids is 1. The summed E-state index contributed by atoms with van der Waals surface area (Å²) in [5.41, 5.74) is 8.15. The van der Waals surface area contributed by atoms with E-state index in [1.54, 1.807) is 32.2 Å². The molecule has 20 heavy (non-hydrogen) atoms. The normalized spacial score (nSPS) is 16.2. The molecule has 0 aromatic heterocycles. The average Bonchev–Trinajstić information content (AvgIpc) is 2.58. The van der Waals surface area contributed by atoms with Crippen LogP contribution in [0.3, 0.4) is 0 Å². The van der Waals surface area contributed by atoms with Crippen LogP contribution in [-0.4, -0.2) is 13.0 Å². The first-order chi connectivity index (χ1) is 9.52. The Balaban J connectivity index is 0.000000956. The number of nitrogens with two attached hydrogens (primary N) is 2. The van der Waals surface area contributed by atoms with Crippen LogP contribution in [0.15, 0.2) is 29.6 Å². The number of hydrogen-bond donors (Lipinski definition) is 3. The monoisotopic (exact) mass is 278 g/mol.